The van der Waals surface area contributed by atoms with Gasteiger partial charge in [-0.05, 0) is 74.4 Å². The minimum Gasteiger partial charge on any atom is -0.383 e. The number of pyridine rings is 1. The molecule has 3 aromatic rings. The maximum Gasteiger partial charge on any atom is 0.251 e. The second-order valence-electron chi connectivity index (χ2n) is 8.10. The van der Waals surface area contributed by atoms with Crippen LogP contribution in [0.1, 0.15) is 22.3 Å². The topological polar surface area (TPSA) is 71.2 Å². The van der Waals surface area contributed by atoms with Crippen molar-refractivity contribution in [2.45, 2.75) is 18.9 Å². The number of rotatable bonds is 5. The highest BCUT2D eigenvalue weighted by atomic mass is 35.5. The highest BCUT2D eigenvalue weighted by Crippen LogP contribution is 2.34. The number of nitrogens with one attached hydrogen (secondary N) is 1. The molecule has 1 aliphatic heterocycles. The molecule has 2 heterocycles. The molecule has 1 aliphatic rings. The molecule has 0 radical (unpaired) electrons. The van der Waals surface area contributed by atoms with E-state index < -0.39 is 5.95 Å². The van der Waals surface area contributed by atoms with Gasteiger partial charge in [0.15, 0.2) is 0 Å². The van der Waals surface area contributed by atoms with Gasteiger partial charge in [-0.25, -0.2) is 4.98 Å². The molecule has 1 amide bonds. The Labute approximate surface area is 186 Å². The Hall–Kier alpha value is -2.96. The Balaban J connectivity index is 1.71. The quantitative estimate of drug-likeness (QED) is 0.579. The number of anilines is 1. The van der Waals surface area contributed by atoms with Gasteiger partial charge in [-0.3, -0.25) is 4.79 Å². The molecule has 2 aromatic carbocycles. The standard InChI is InChI=1S/C24H24ClFN4O/c1-30(2)10-9-18-12-16-11-15(5-8-19(16)24(31)28-18)21-13-20(22(26)29-23(21)27)14-3-6-17(25)7-4-14/h3-8,11,13,18H,9-10,12H2,1-2H3,(H2,27,29)(H,28,31). The Bertz CT molecular complexity index is 1130. The summed E-state index contributed by atoms with van der Waals surface area (Å²) in [6, 6.07) is 14.3. The third-order valence-electron chi connectivity index (χ3n) is 5.55. The van der Waals surface area contributed by atoms with Gasteiger partial charge in [-0.2, -0.15) is 4.39 Å². The number of carbonyl (C=O) groups excluding carboxylic acids is 1. The van der Waals surface area contributed by atoms with Gasteiger partial charge < -0.3 is 16.0 Å². The first-order valence-corrected chi connectivity index (χ1v) is 10.5. The van der Waals surface area contributed by atoms with Crippen LogP contribution in [-0.4, -0.2) is 42.5 Å². The number of nitrogen functional groups attached to an aromatic ring is 1. The Kier molecular flexibility index (Phi) is 5.94. The zero-order chi connectivity index (χ0) is 22.1. The number of fused-ring (bicyclic) bond motifs is 1. The number of hydrogen-bond acceptors (Lipinski definition) is 4. The van der Waals surface area contributed by atoms with E-state index in [0.717, 1.165) is 30.5 Å². The second-order valence-corrected chi connectivity index (χ2v) is 8.54. The van der Waals surface area contributed by atoms with Gasteiger partial charge in [-0.15, -0.1) is 0 Å². The summed E-state index contributed by atoms with van der Waals surface area (Å²) in [7, 11) is 4.03. The van der Waals surface area contributed by atoms with Crippen LogP contribution < -0.4 is 11.1 Å². The Morgan fingerprint density at radius 1 is 1.10 bits per heavy atom. The van der Waals surface area contributed by atoms with Crippen molar-refractivity contribution in [2.75, 3.05) is 26.4 Å². The number of halogens is 2. The first kappa shape index (κ1) is 21.3. The lowest BCUT2D eigenvalue weighted by atomic mass is 9.90. The highest BCUT2D eigenvalue weighted by Gasteiger charge is 2.25. The summed E-state index contributed by atoms with van der Waals surface area (Å²) in [5.41, 5.74) is 10.1. The molecule has 0 aliphatic carbocycles. The molecule has 0 saturated heterocycles. The number of hydrogen-bond donors (Lipinski definition) is 2. The summed E-state index contributed by atoms with van der Waals surface area (Å²) < 4.78 is 14.6. The molecule has 3 N–H and O–H groups in total. The molecule has 7 heteroatoms. The summed E-state index contributed by atoms with van der Waals surface area (Å²) in [6.45, 7) is 0.888. The zero-order valence-corrected chi connectivity index (χ0v) is 18.2. The molecule has 160 valence electrons. The van der Waals surface area contributed by atoms with Crippen molar-refractivity contribution < 1.29 is 9.18 Å². The first-order chi connectivity index (χ1) is 14.8. The van der Waals surface area contributed by atoms with Crippen LogP contribution in [0.25, 0.3) is 22.3 Å². The number of amides is 1. The summed E-state index contributed by atoms with van der Waals surface area (Å²) in [5, 5.41) is 3.65. The highest BCUT2D eigenvalue weighted by molar-refractivity contribution is 6.30. The second kappa shape index (κ2) is 8.65. The van der Waals surface area contributed by atoms with E-state index in [4.69, 9.17) is 17.3 Å². The fourth-order valence-corrected chi connectivity index (χ4v) is 4.01. The van der Waals surface area contributed by atoms with Gasteiger partial charge in [0, 0.05) is 27.8 Å². The van der Waals surface area contributed by atoms with E-state index >= 15 is 0 Å². The molecule has 0 spiro atoms. The van der Waals surface area contributed by atoms with Crippen LogP contribution in [0, 0.1) is 5.95 Å². The molecule has 1 aromatic heterocycles. The Morgan fingerprint density at radius 2 is 1.81 bits per heavy atom. The number of aromatic nitrogens is 1. The van der Waals surface area contributed by atoms with Gasteiger partial charge in [0.05, 0.1) is 0 Å². The summed E-state index contributed by atoms with van der Waals surface area (Å²) >= 11 is 5.96. The third-order valence-corrected chi connectivity index (χ3v) is 5.80. The van der Waals surface area contributed by atoms with E-state index in [1.165, 1.54) is 0 Å². The summed E-state index contributed by atoms with van der Waals surface area (Å²) in [4.78, 5) is 18.6. The lowest BCUT2D eigenvalue weighted by molar-refractivity contribution is 0.0921. The van der Waals surface area contributed by atoms with Crippen LogP contribution in [0.2, 0.25) is 5.02 Å². The fourth-order valence-electron chi connectivity index (χ4n) is 3.89. The van der Waals surface area contributed by atoms with Crippen molar-refractivity contribution >= 4 is 23.3 Å². The molecule has 1 unspecified atom stereocenters. The smallest absolute Gasteiger partial charge is 0.251 e. The van der Waals surface area contributed by atoms with Gasteiger partial charge in [0.25, 0.3) is 5.91 Å². The molecular formula is C24H24ClFN4O. The van der Waals surface area contributed by atoms with Crippen LogP contribution in [0.4, 0.5) is 10.2 Å². The number of nitrogens with two attached hydrogens (primary N) is 1. The van der Waals surface area contributed by atoms with E-state index in [1.807, 2.05) is 26.2 Å². The average molecular weight is 439 g/mol. The maximum atomic E-state index is 14.6. The lowest BCUT2D eigenvalue weighted by Gasteiger charge is -2.27. The van der Waals surface area contributed by atoms with Crippen molar-refractivity contribution in [1.82, 2.24) is 15.2 Å². The molecule has 4 rings (SSSR count). The molecular weight excluding hydrogens is 415 g/mol. The van der Waals surface area contributed by atoms with Crippen molar-refractivity contribution in [1.29, 1.82) is 0 Å². The predicted molar refractivity (Wildman–Crippen MR) is 123 cm³/mol. The summed E-state index contributed by atoms with van der Waals surface area (Å²) in [6.07, 6.45) is 1.60. The van der Waals surface area contributed by atoms with Crippen LogP contribution >= 0.6 is 11.6 Å². The van der Waals surface area contributed by atoms with Crippen LogP contribution in [0.5, 0.6) is 0 Å². The molecule has 5 nitrogen and oxygen atoms in total. The largest absolute Gasteiger partial charge is 0.383 e. The maximum absolute atomic E-state index is 14.6. The number of nitrogens with zero attached hydrogens (tertiary/aromatic N) is 2. The van der Waals surface area contributed by atoms with E-state index in [2.05, 4.69) is 15.2 Å². The van der Waals surface area contributed by atoms with Crippen molar-refractivity contribution in [3.05, 3.63) is 70.6 Å². The normalized spacial score (nSPS) is 15.6. The van der Waals surface area contributed by atoms with E-state index in [-0.39, 0.29) is 17.8 Å². The third kappa shape index (κ3) is 4.55. The molecule has 31 heavy (non-hydrogen) atoms. The molecule has 0 bridgehead atoms. The lowest BCUT2D eigenvalue weighted by Crippen LogP contribution is -2.42. The molecule has 0 fully saturated rings. The van der Waals surface area contributed by atoms with Gasteiger partial charge in [-0.1, -0.05) is 35.9 Å². The van der Waals surface area contributed by atoms with Gasteiger partial charge in [0.1, 0.15) is 5.82 Å². The minimum atomic E-state index is -0.635. The fraction of sp³-hybridized carbons (Fsp3) is 0.250. The van der Waals surface area contributed by atoms with Crippen LogP contribution in [-0.2, 0) is 6.42 Å². The summed E-state index contributed by atoms with van der Waals surface area (Å²) in [5.74, 6) is -0.590. The number of carbonyl (C=O) groups is 1. The Morgan fingerprint density at radius 3 is 2.52 bits per heavy atom. The zero-order valence-electron chi connectivity index (χ0n) is 17.5. The molecule has 0 saturated carbocycles. The average Bonchev–Trinajstić information content (AvgIpc) is 2.73. The minimum absolute atomic E-state index is 0.0661. The van der Waals surface area contributed by atoms with E-state index in [1.54, 1.807) is 36.4 Å². The van der Waals surface area contributed by atoms with E-state index in [0.29, 0.717) is 27.3 Å². The van der Waals surface area contributed by atoms with Crippen LogP contribution in [0.3, 0.4) is 0 Å². The van der Waals surface area contributed by atoms with Crippen molar-refractivity contribution in [3.63, 3.8) is 0 Å². The van der Waals surface area contributed by atoms with Crippen molar-refractivity contribution in [3.8, 4) is 22.3 Å². The van der Waals surface area contributed by atoms with Crippen molar-refractivity contribution in [2.24, 2.45) is 0 Å². The number of benzene rings is 2. The monoisotopic (exact) mass is 438 g/mol. The first-order valence-electron chi connectivity index (χ1n) is 10.1. The predicted octanol–water partition coefficient (Wildman–Crippen LogP) is 4.40. The molecule has 1 atom stereocenters. The van der Waals surface area contributed by atoms with Gasteiger partial charge >= 0.3 is 0 Å². The SMILES string of the molecule is CN(C)CCC1Cc2cc(-c3cc(-c4ccc(Cl)cc4)c(F)nc3N)ccc2C(=O)N1. The van der Waals surface area contributed by atoms with Gasteiger partial charge in [0.2, 0.25) is 5.95 Å². The van der Waals surface area contributed by atoms with Crippen LogP contribution in [0.15, 0.2) is 48.5 Å². The van der Waals surface area contributed by atoms with E-state index in [9.17, 15) is 9.18 Å².